The fraction of sp³-hybridized carbons (Fsp3) is 0.136. The number of hydrogen-bond donors (Lipinski definition) is 0. The Morgan fingerprint density at radius 1 is 0.968 bits per heavy atom. The van der Waals surface area contributed by atoms with Crippen LogP contribution in [0.2, 0.25) is 0 Å². The van der Waals surface area contributed by atoms with E-state index >= 15 is 0 Å². The number of benzene rings is 1. The maximum absolute atomic E-state index is 4.85. The van der Waals surface area contributed by atoms with Crippen LogP contribution in [0.3, 0.4) is 0 Å². The maximum atomic E-state index is 4.85. The van der Waals surface area contributed by atoms with Gasteiger partial charge >= 0.3 is 0 Å². The van der Waals surface area contributed by atoms with Gasteiger partial charge in [0.25, 0.3) is 0 Å². The molecule has 5 heterocycles. The van der Waals surface area contributed by atoms with E-state index in [-0.39, 0.29) is 0 Å². The fourth-order valence-electron chi connectivity index (χ4n) is 3.77. The first-order valence-corrected chi connectivity index (χ1v) is 11.6. The van der Waals surface area contributed by atoms with Crippen LogP contribution >= 0.6 is 23.1 Å². The average Bonchev–Trinajstić information content (AvgIpc) is 3.47. The molecule has 0 bridgehead atoms. The molecule has 6 aromatic rings. The molecule has 0 radical (unpaired) electrons. The molecule has 0 fully saturated rings. The van der Waals surface area contributed by atoms with E-state index in [1.54, 1.807) is 40.1 Å². The Hall–Kier alpha value is -3.30. The largest absolute Gasteiger partial charge is 0.282 e. The molecule has 0 spiro atoms. The van der Waals surface area contributed by atoms with Crippen molar-refractivity contribution in [1.29, 1.82) is 0 Å². The Labute approximate surface area is 185 Å². The standard InChI is InChI=1S/C22H17N7S2/c1-13-14(2)29(18-9-5-6-10-23-18)20-19(13)21-26-17(27-28(21)12-24-20)11-30-22-25-15-7-3-4-8-16(15)31-22/h3-10,12H,11H2,1-2H3. The molecule has 0 saturated heterocycles. The number of thioether (sulfide) groups is 1. The lowest BCUT2D eigenvalue weighted by Gasteiger charge is -2.05. The molecular weight excluding hydrogens is 426 g/mol. The summed E-state index contributed by atoms with van der Waals surface area (Å²) in [6.45, 7) is 4.19. The van der Waals surface area contributed by atoms with Crippen molar-refractivity contribution in [2.45, 2.75) is 23.9 Å². The molecule has 7 nitrogen and oxygen atoms in total. The highest BCUT2D eigenvalue weighted by Crippen LogP contribution is 2.32. The molecule has 152 valence electrons. The molecular formula is C22H17N7S2. The van der Waals surface area contributed by atoms with E-state index in [0.29, 0.717) is 5.75 Å². The highest BCUT2D eigenvalue weighted by atomic mass is 32.2. The zero-order valence-electron chi connectivity index (χ0n) is 16.9. The van der Waals surface area contributed by atoms with Gasteiger partial charge in [-0.1, -0.05) is 30.0 Å². The van der Waals surface area contributed by atoms with Crippen molar-refractivity contribution >= 4 is 50.0 Å². The second-order valence-electron chi connectivity index (χ2n) is 7.21. The molecule has 0 N–H and O–H groups in total. The molecule has 5 aromatic heterocycles. The van der Waals surface area contributed by atoms with E-state index in [4.69, 9.17) is 15.0 Å². The van der Waals surface area contributed by atoms with Gasteiger partial charge in [-0.2, -0.15) is 0 Å². The van der Waals surface area contributed by atoms with Gasteiger partial charge in [-0.3, -0.25) is 4.57 Å². The van der Waals surface area contributed by atoms with Crippen molar-refractivity contribution in [2.75, 3.05) is 0 Å². The molecule has 0 aliphatic rings. The summed E-state index contributed by atoms with van der Waals surface area (Å²) in [5, 5.41) is 5.67. The molecule has 0 aliphatic carbocycles. The molecule has 1 aromatic carbocycles. The Morgan fingerprint density at radius 2 is 1.84 bits per heavy atom. The predicted molar refractivity (Wildman–Crippen MR) is 124 cm³/mol. The third-order valence-electron chi connectivity index (χ3n) is 5.35. The van der Waals surface area contributed by atoms with Crippen LogP contribution in [0, 0.1) is 13.8 Å². The third-order valence-corrected chi connectivity index (χ3v) is 7.53. The molecule has 9 heteroatoms. The average molecular weight is 444 g/mol. The summed E-state index contributed by atoms with van der Waals surface area (Å²) in [5.41, 5.74) is 4.93. The number of thiazole rings is 1. The van der Waals surface area contributed by atoms with Gasteiger partial charge < -0.3 is 0 Å². The number of hydrogen-bond acceptors (Lipinski definition) is 7. The van der Waals surface area contributed by atoms with E-state index in [0.717, 1.165) is 49.4 Å². The van der Waals surface area contributed by atoms with E-state index in [9.17, 15) is 0 Å². The summed E-state index contributed by atoms with van der Waals surface area (Å²) < 4.78 is 6.07. The zero-order valence-corrected chi connectivity index (χ0v) is 18.5. The van der Waals surface area contributed by atoms with Gasteiger partial charge in [0.1, 0.15) is 12.1 Å². The van der Waals surface area contributed by atoms with Crippen LogP contribution in [-0.2, 0) is 5.75 Å². The van der Waals surface area contributed by atoms with Gasteiger partial charge in [0, 0.05) is 11.9 Å². The van der Waals surface area contributed by atoms with Gasteiger partial charge in [0.05, 0.1) is 21.4 Å². The Balaban J connectivity index is 1.40. The second-order valence-corrected chi connectivity index (χ2v) is 9.46. The van der Waals surface area contributed by atoms with Crippen LogP contribution in [0.15, 0.2) is 59.3 Å². The van der Waals surface area contributed by atoms with Crippen molar-refractivity contribution in [3.63, 3.8) is 0 Å². The summed E-state index contributed by atoms with van der Waals surface area (Å²) in [7, 11) is 0. The van der Waals surface area contributed by atoms with E-state index in [2.05, 4.69) is 34.6 Å². The van der Waals surface area contributed by atoms with E-state index in [1.165, 1.54) is 4.70 Å². The van der Waals surface area contributed by atoms with Gasteiger partial charge in [0.2, 0.25) is 0 Å². The van der Waals surface area contributed by atoms with Crippen LogP contribution in [0.1, 0.15) is 17.1 Å². The third kappa shape index (κ3) is 3.00. The normalized spacial score (nSPS) is 11.8. The fourth-order valence-corrected chi connectivity index (χ4v) is 5.69. The number of rotatable bonds is 4. The SMILES string of the molecule is Cc1c(C)n(-c2ccccn2)c2ncn3nc(CSc4nc5ccccc5s4)nc3c12. The van der Waals surface area contributed by atoms with Crippen LogP contribution in [0.25, 0.3) is 32.7 Å². The van der Waals surface area contributed by atoms with Gasteiger partial charge in [0.15, 0.2) is 21.5 Å². The lowest BCUT2D eigenvalue weighted by atomic mass is 10.2. The maximum Gasteiger partial charge on any atom is 0.168 e. The summed E-state index contributed by atoms with van der Waals surface area (Å²) in [6.07, 6.45) is 3.53. The number of aromatic nitrogens is 7. The first-order chi connectivity index (χ1) is 15.2. The molecule has 6 rings (SSSR count). The number of fused-ring (bicyclic) bond motifs is 4. The van der Waals surface area contributed by atoms with Crippen molar-refractivity contribution in [3.8, 4) is 5.82 Å². The van der Waals surface area contributed by atoms with E-state index < -0.39 is 0 Å². The topological polar surface area (TPSA) is 73.8 Å². The number of para-hydroxylation sites is 1. The Morgan fingerprint density at radius 3 is 2.68 bits per heavy atom. The molecule has 31 heavy (non-hydrogen) atoms. The lowest BCUT2D eigenvalue weighted by molar-refractivity contribution is 0.894. The summed E-state index contributed by atoms with van der Waals surface area (Å²) >= 11 is 3.36. The monoisotopic (exact) mass is 443 g/mol. The lowest BCUT2D eigenvalue weighted by Crippen LogP contribution is -2.01. The first-order valence-electron chi connectivity index (χ1n) is 9.80. The minimum Gasteiger partial charge on any atom is -0.282 e. The van der Waals surface area contributed by atoms with Crippen LogP contribution in [0.5, 0.6) is 0 Å². The Kier molecular flexibility index (Phi) is 4.25. The number of aryl methyl sites for hydroxylation is 1. The molecule has 0 aliphatic heterocycles. The number of pyridine rings is 1. The zero-order chi connectivity index (χ0) is 20.9. The van der Waals surface area contributed by atoms with Crippen LogP contribution in [-0.4, -0.2) is 34.1 Å². The van der Waals surface area contributed by atoms with Crippen molar-refractivity contribution in [3.05, 3.63) is 72.1 Å². The summed E-state index contributed by atoms with van der Waals surface area (Å²) in [6, 6.07) is 14.1. The molecule has 0 saturated carbocycles. The van der Waals surface area contributed by atoms with Crippen molar-refractivity contribution in [1.82, 2.24) is 34.1 Å². The summed E-state index contributed by atoms with van der Waals surface area (Å²) in [4.78, 5) is 18.7. The van der Waals surface area contributed by atoms with Gasteiger partial charge in [-0.05, 0) is 43.7 Å². The summed E-state index contributed by atoms with van der Waals surface area (Å²) in [5.74, 6) is 2.27. The number of nitrogens with zero attached hydrogens (tertiary/aromatic N) is 7. The quantitative estimate of drug-likeness (QED) is 0.358. The van der Waals surface area contributed by atoms with Crippen LogP contribution < -0.4 is 0 Å². The predicted octanol–water partition coefficient (Wildman–Crippen LogP) is 4.98. The minimum atomic E-state index is 0.655. The second kappa shape index (κ2) is 7.14. The van der Waals surface area contributed by atoms with E-state index in [1.807, 2.05) is 36.4 Å². The molecule has 0 unspecified atom stereocenters. The highest BCUT2D eigenvalue weighted by molar-refractivity contribution is 8.00. The molecule has 0 amide bonds. The minimum absolute atomic E-state index is 0.655. The first kappa shape index (κ1) is 18.5. The Bertz CT molecular complexity index is 1530. The highest BCUT2D eigenvalue weighted by Gasteiger charge is 2.19. The van der Waals surface area contributed by atoms with Crippen LogP contribution in [0.4, 0.5) is 0 Å². The van der Waals surface area contributed by atoms with Gasteiger partial charge in [-0.15, -0.1) is 16.4 Å². The van der Waals surface area contributed by atoms with Crippen molar-refractivity contribution < 1.29 is 0 Å². The molecule has 0 atom stereocenters. The smallest absolute Gasteiger partial charge is 0.168 e. The van der Waals surface area contributed by atoms with Gasteiger partial charge in [-0.25, -0.2) is 24.5 Å². The van der Waals surface area contributed by atoms with Crippen molar-refractivity contribution in [2.24, 2.45) is 0 Å².